The van der Waals surface area contributed by atoms with Crippen molar-refractivity contribution >= 4 is 27.7 Å². The quantitative estimate of drug-likeness (QED) is 0.815. The lowest BCUT2D eigenvalue weighted by Crippen LogP contribution is -2.42. The molecule has 1 aromatic rings. The first-order chi connectivity index (χ1) is 7.54. The summed E-state index contributed by atoms with van der Waals surface area (Å²) in [6.45, 7) is 1.55. The molecule has 3 N–H and O–H groups in total. The molecule has 0 radical (unpaired) electrons. The molecular formula is C11H13BrN2O2. The van der Waals surface area contributed by atoms with Gasteiger partial charge in [0.15, 0.2) is 0 Å². The molecule has 1 atom stereocenters. The number of primary amides is 1. The minimum atomic E-state index is -0.664. The molecule has 0 aliphatic carbocycles. The Morgan fingerprint density at radius 1 is 1.38 bits per heavy atom. The Kier molecular flexibility index (Phi) is 4.49. The van der Waals surface area contributed by atoms with Gasteiger partial charge in [-0.05, 0) is 24.6 Å². The van der Waals surface area contributed by atoms with E-state index in [0.29, 0.717) is 5.56 Å². The third-order valence-electron chi connectivity index (χ3n) is 2.14. The van der Waals surface area contributed by atoms with Crippen molar-refractivity contribution in [1.82, 2.24) is 5.32 Å². The maximum atomic E-state index is 11.6. The van der Waals surface area contributed by atoms with Gasteiger partial charge in [0.1, 0.15) is 6.04 Å². The Morgan fingerprint density at radius 2 is 1.94 bits per heavy atom. The van der Waals surface area contributed by atoms with Gasteiger partial charge in [-0.15, -0.1) is 0 Å². The van der Waals surface area contributed by atoms with Crippen molar-refractivity contribution in [3.63, 3.8) is 0 Å². The van der Waals surface area contributed by atoms with Crippen LogP contribution in [0.1, 0.15) is 22.8 Å². The molecule has 0 heterocycles. The standard InChI is InChI=1S/C11H13BrN2O2/c1-7(10(13)15)14-11(16)9-4-2-8(6-12)3-5-9/h2-5,7H,6H2,1H3,(H2,13,15)(H,14,16). The van der Waals surface area contributed by atoms with Crippen molar-refractivity contribution in [2.24, 2.45) is 5.73 Å². The fourth-order valence-corrected chi connectivity index (χ4v) is 1.47. The second kappa shape index (κ2) is 5.65. The van der Waals surface area contributed by atoms with Gasteiger partial charge in [-0.25, -0.2) is 0 Å². The lowest BCUT2D eigenvalue weighted by atomic mass is 10.1. The largest absolute Gasteiger partial charge is 0.368 e. The molecule has 0 bridgehead atoms. The van der Waals surface area contributed by atoms with E-state index in [-0.39, 0.29) is 5.91 Å². The van der Waals surface area contributed by atoms with Gasteiger partial charge < -0.3 is 11.1 Å². The number of hydrogen-bond acceptors (Lipinski definition) is 2. The molecule has 4 nitrogen and oxygen atoms in total. The molecule has 5 heteroatoms. The number of amides is 2. The van der Waals surface area contributed by atoms with Gasteiger partial charge in [0.2, 0.25) is 5.91 Å². The van der Waals surface area contributed by atoms with E-state index in [1.165, 1.54) is 0 Å². The summed E-state index contributed by atoms with van der Waals surface area (Å²) in [4.78, 5) is 22.4. The zero-order valence-corrected chi connectivity index (χ0v) is 10.5. The molecule has 0 spiro atoms. The first-order valence-electron chi connectivity index (χ1n) is 4.79. The molecule has 0 saturated heterocycles. The fourth-order valence-electron chi connectivity index (χ4n) is 1.10. The minimum Gasteiger partial charge on any atom is -0.368 e. The average molecular weight is 285 g/mol. The lowest BCUT2D eigenvalue weighted by Gasteiger charge is -2.10. The summed E-state index contributed by atoms with van der Waals surface area (Å²) in [6, 6.07) is 6.44. The van der Waals surface area contributed by atoms with E-state index in [1.807, 2.05) is 12.1 Å². The third-order valence-corrected chi connectivity index (χ3v) is 2.79. The van der Waals surface area contributed by atoms with Crippen molar-refractivity contribution in [3.05, 3.63) is 35.4 Å². The molecule has 1 rings (SSSR count). The van der Waals surface area contributed by atoms with Crippen LogP contribution in [0.15, 0.2) is 24.3 Å². The number of nitrogens with one attached hydrogen (secondary N) is 1. The highest BCUT2D eigenvalue weighted by Crippen LogP contribution is 2.07. The molecule has 16 heavy (non-hydrogen) atoms. The number of hydrogen-bond donors (Lipinski definition) is 2. The Bertz CT molecular complexity index is 389. The summed E-state index contributed by atoms with van der Waals surface area (Å²) in [7, 11) is 0. The first-order valence-corrected chi connectivity index (χ1v) is 5.92. The van der Waals surface area contributed by atoms with Crippen LogP contribution in [-0.2, 0) is 10.1 Å². The number of carbonyl (C=O) groups excluding carboxylic acids is 2. The maximum Gasteiger partial charge on any atom is 0.251 e. The lowest BCUT2D eigenvalue weighted by molar-refractivity contribution is -0.119. The molecule has 0 aliphatic heterocycles. The van der Waals surface area contributed by atoms with E-state index >= 15 is 0 Å². The Balaban J connectivity index is 2.69. The predicted molar refractivity (Wildman–Crippen MR) is 65.2 cm³/mol. The van der Waals surface area contributed by atoms with Gasteiger partial charge in [0.05, 0.1) is 0 Å². The highest BCUT2D eigenvalue weighted by Gasteiger charge is 2.13. The zero-order valence-electron chi connectivity index (χ0n) is 8.87. The van der Waals surface area contributed by atoms with Crippen molar-refractivity contribution < 1.29 is 9.59 Å². The van der Waals surface area contributed by atoms with Gasteiger partial charge in [-0.3, -0.25) is 9.59 Å². The van der Waals surface area contributed by atoms with Crippen molar-refractivity contribution in [2.75, 3.05) is 0 Å². The van der Waals surface area contributed by atoms with E-state index in [9.17, 15) is 9.59 Å². The average Bonchev–Trinajstić information content (AvgIpc) is 2.28. The summed E-state index contributed by atoms with van der Waals surface area (Å²) < 4.78 is 0. The van der Waals surface area contributed by atoms with Gasteiger partial charge in [-0.1, -0.05) is 28.1 Å². The zero-order chi connectivity index (χ0) is 12.1. The van der Waals surface area contributed by atoms with E-state index in [0.717, 1.165) is 10.9 Å². The third kappa shape index (κ3) is 3.34. The van der Waals surface area contributed by atoms with E-state index < -0.39 is 11.9 Å². The fraction of sp³-hybridized carbons (Fsp3) is 0.273. The van der Waals surface area contributed by atoms with Crippen LogP contribution in [0, 0.1) is 0 Å². The molecule has 86 valence electrons. The number of alkyl halides is 1. The van der Waals surface area contributed by atoms with Crippen molar-refractivity contribution in [2.45, 2.75) is 18.3 Å². The second-order valence-corrected chi connectivity index (χ2v) is 3.99. The molecule has 1 unspecified atom stereocenters. The van der Waals surface area contributed by atoms with Gasteiger partial charge in [-0.2, -0.15) is 0 Å². The van der Waals surface area contributed by atoms with Crippen LogP contribution < -0.4 is 11.1 Å². The van der Waals surface area contributed by atoms with Crippen LogP contribution in [0.2, 0.25) is 0 Å². The molecule has 1 aromatic carbocycles. The molecule has 0 aliphatic rings. The summed E-state index contributed by atoms with van der Waals surface area (Å²) in [6.07, 6.45) is 0. The highest BCUT2D eigenvalue weighted by atomic mass is 79.9. The van der Waals surface area contributed by atoms with Gasteiger partial charge >= 0.3 is 0 Å². The normalized spacial score (nSPS) is 11.9. The maximum absolute atomic E-state index is 11.6. The van der Waals surface area contributed by atoms with E-state index in [2.05, 4.69) is 21.2 Å². The monoisotopic (exact) mass is 284 g/mol. The van der Waals surface area contributed by atoms with Gasteiger partial charge in [0.25, 0.3) is 5.91 Å². The first kappa shape index (κ1) is 12.7. The number of carbonyl (C=O) groups is 2. The Labute approximate surface area is 102 Å². The summed E-state index contributed by atoms with van der Waals surface area (Å²) in [5.74, 6) is -0.849. The van der Waals surface area contributed by atoms with E-state index in [1.54, 1.807) is 19.1 Å². The van der Waals surface area contributed by atoms with Crippen LogP contribution in [0.3, 0.4) is 0 Å². The Hall–Kier alpha value is -1.36. The van der Waals surface area contributed by atoms with Crippen molar-refractivity contribution in [1.29, 1.82) is 0 Å². The molecule has 0 saturated carbocycles. The second-order valence-electron chi connectivity index (χ2n) is 3.43. The number of benzene rings is 1. The highest BCUT2D eigenvalue weighted by molar-refractivity contribution is 9.08. The summed E-state index contributed by atoms with van der Waals surface area (Å²) in [5, 5.41) is 3.25. The van der Waals surface area contributed by atoms with Gasteiger partial charge in [0, 0.05) is 10.9 Å². The van der Waals surface area contributed by atoms with Crippen LogP contribution in [-0.4, -0.2) is 17.9 Å². The van der Waals surface area contributed by atoms with E-state index in [4.69, 9.17) is 5.73 Å². The minimum absolute atomic E-state index is 0.299. The summed E-state index contributed by atoms with van der Waals surface area (Å²) in [5.41, 5.74) is 6.64. The molecule has 2 amide bonds. The topological polar surface area (TPSA) is 72.2 Å². The van der Waals surface area contributed by atoms with Crippen LogP contribution in [0.25, 0.3) is 0 Å². The molecule has 0 fully saturated rings. The van der Waals surface area contributed by atoms with Crippen LogP contribution in [0.4, 0.5) is 0 Å². The van der Waals surface area contributed by atoms with Crippen LogP contribution in [0.5, 0.6) is 0 Å². The SMILES string of the molecule is CC(NC(=O)c1ccc(CBr)cc1)C(N)=O. The number of halogens is 1. The van der Waals surface area contributed by atoms with Crippen LogP contribution >= 0.6 is 15.9 Å². The number of rotatable bonds is 4. The molecule has 0 aromatic heterocycles. The van der Waals surface area contributed by atoms with Crippen molar-refractivity contribution in [3.8, 4) is 0 Å². The Morgan fingerprint density at radius 3 is 2.38 bits per heavy atom. The predicted octanol–water partition coefficient (Wildman–Crippen LogP) is 1.19. The smallest absolute Gasteiger partial charge is 0.251 e. The number of nitrogens with two attached hydrogens (primary N) is 1. The molecular weight excluding hydrogens is 272 g/mol. The summed E-state index contributed by atoms with van der Waals surface area (Å²) >= 11 is 3.32.